The van der Waals surface area contributed by atoms with Gasteiger partial charge in [-0.05, 0) is 63.1 Å². The van der Waals surface area contributed by atoms with E-state index < -0.39 is 0 Å². The normalized spacial score (nSPS) is 15.0. The number of aliphatic imine (C=N–C) groups is 1. The van der Waals surface area contributed by atoms with Gasteiger partial charge in [-0.2, -0.15) is 0 Å². The van der Waals surface area contributed by atoms with E-state index in [0.717, 1.165) is 17.7 Å². The predicted octanol–water partition coefficient (Wildman–Crippen LogP) is 4.52. The molecule has 0 radical (unpaired) electrons. The smallest absolute Gasteiger partial charge is 0.142 e. The maximum Gasteiger partial charge on any atom is 0.142 e. The molecule has 0 aromatic heterocycles. The van der Waals surface area contributed by atoms with Crippen LogP contribution >= 0.6 is 0 Å². The molecular weight excluding hydrogens is 367 g/mol. The molecule has 6 heteroatoms. The minimum absolute atomic E-state index is 0.0549. The summed E-state index contributed by atoms with van der Waals surface area (Å²) in [7, 11) is 3.93. The van der Waals surface area contributed by atoms with E-state index in [1.54, 1.807) is 24.4 Å². The number of halogens is 1. The lowest BCUT2D eigenvalue weighted by molar-refractivity contribution is -0.104. The quantitative estimate of drug-likeness (QED) is 0.112. The zero-order valence-electron chi connectivity index (χ0n) is 17.6. The Bertz CT molecular complexity index is 708. The van der Waals surface area contributed by atoms with E-state index in [1.807, 2.05) is 37.2 Å². The first-order valence-electron chi connectivity index (χ1n) is 9.40. The van der Waals surface area contributed by atoms with Gasteiger partial charge in [0.2, 0.25) is 0 Å². The molecule has 0 aliphatic carbocycles. The molecule has 0 heterocycles. The molecule has 3 N–H and O–H groups in total. The van der Waals surface area contributed by atoms with E-state index in [0.29, 0.717) is 25.5 Å². The van der Waals surface area contributed by atoms with Crippen LogP contribution in [0, 0.1) is 11.3 Å². The average molecular weight is 401 g/mol. The van der Waals surface area contributed by atoms with E-state index in [-0.39, 0.29) is 17.6 Å². The molecule has 0 amide bonds. The van der Waals surface area contributed by atoms with Gasteiger partial charge in [-0.15, -0.1) is 6.58 Å². The van der Waals surface area contributed by atoms with Gasteiger partial charge >= 0.3 is 0 Å². The van der Waals surface area contributed by atoms with Crippen molar-refractivity contribution in [2.75, 3.05) is 20.6 Å². The molecule has 0 saturated carbocycles. The van der Waals surface area contributed by atoms with Crippen LogP contribution in [0.4, 0.5) is 4.39 Å². The molecule has 0 fully saturated rings. The van der Waals surface area contributed by atoms with Crippen LogP contribution in [0.25, 0.3) is 0 Å². The maximum atomic E-state index is 13.1. The van der Waals surface area contributed by atoms with Crippen molar-refractivity contribution in [2.45, 2.75) is 26.2 Å². The van der Waals surface area contributed by atoms with Crippen LogP contribution in [-0.2, 0) is 4.79 Å². The van der Waals surface area contributed by atoms with Crippen molar-refractivity contribution in [1.82, 2.24) is 4.90 Å². The van der Waals surface area contributed by atoms with E-state index >= 15 is 0 Å². The molecular formula is C23H33FN4O. The number of allylic oxidation sites excluding steroid dienone is 8. The number of carbonyl (C=O) groups is 1. The highest BCUT2D eigenvalue weighted by molar-refractivity contribution is 5.80. The first-order valence-corrected chi connectivity index (χ1v) is 9.40. The lowest BCUT2D eigenvalue weighted by Gasteiger charge is -2.11. The summed E-state index contributed by atoms with van der Waals surface area (Å²) in [6, 6.07) is 0. The molecule has 0 bridgehead atoms. The van der Waals surface area contributed by atoms with Crippen molar-refractivity contribution in [3.05, 3.63) is 72.3 Å². The third-order valence-corrected chi connectivity index (χ3v) is 3.76. The van der Waals surface area contributed by atoms with Crippen LogP contribution in [0.5, 0.6) is 0 Å². The summed E-state index contributed by atoms with van der Waals surface area (Å²) in [5.41, 5.74) is 7.41. The Labute approximate surface area is 174 Å². The highest BCUT2D eigenvalue weighted by Gasteiger charge is 2.06. The third kappa shape index (κ3) is 15.9. The van der Waals surface area contributed by atoms with Crippen molar-refractivity contribution in [3.63, 3.8) is 0 Å². The molecule has 5 nitrogen and oxygen atoms in total. The number of nitrogens with one attached hydrogen (secondary N) is 1. The summed E-state index contributed by atoms with van der Waals surface area (Å²) in [6.07, 6.45) is 17.5. The number of aldehydes is 1. The van der Waals surface area contributed by atoms with Crippen LogP contribution in [0.1, 0.15) is 26.2 Å². The van der Waals surface area contributed by atoms with Crippen molar-refractivity contribution in [2.24, 2.45) is 16.6 Å². The topological polar surface area (TPSA) is 82.5 Å². The van der Waals surface area contributed by atoms with Gasteiger partial charge in [0.1, 0.15) is 6.29 Å². The SMILES string of the molecule is C=CC(C/C=C(\C)F)CC(=C/N=C/C=C/C=O)/C=C/C(=C/CN(C)C)CC(=N)N. The zero-order valence-corrected chi connectivity index (χ0v) is 17.6. The fourth-order valence-corrected chi connectivity index (χ4v) is 2.26. The van der Waals surface area contributed by atoms with Crippen LogP contribution < -0.4 is 5.73 Å². The lowest BCUT2D eigenvalue weighted by Crippen LogP contribution is -2.13. The second-order valence-corrected chi connectivity index (χ2v) is 6.83. The summed E-state index contributed by atoms with van der Waals surface area (Å²) in [6.45, 7) is 6.00. The molecule has 0 rings (SSSR count). The summed E-state index contributed by atoms with van der Waals surface area (Å²) < 4.78 is 13.1. The number of nitrogens with zero attached hydrogens (tertiary/aromatic N) is 2. The Morgan fingerprint density at radius 1 is 1.24 bits per heavy atom. The Kier molecular flexibility index (Phi) is 14.5. The first-order chi connectivity index (χ1) is 13.8. The van der Waals surface area contributed by atoms with Crippen LogP contribution in [0.3, 0.4) is 0 Å². The Morgan fingerprint density at radius 2 is 1.93 bits per heavy atom. The van der Waals surface area contributed by atoms with Crippen molar-refractivity contribution < 1.29 is 9.18 Å². The fourth-order valence-electron chi connectivity index (χ4n) is 2.26. The summed E-state index contributed by atoms with van der Waals surface area (Å²) in [4.78, 5) is 16.6. The maximum absolute atomic E-state index is 13.1. The molecule has 0 aromatic carbocycles. The Balaban J connectivity index is 5.59. The van der Waals surface area contributed by atoms with Gasteiger partial charge in [-0.3, -0.25) is 15.2 Å². The standard InChI is InChI=1S/C23H33FN4O/c1-5-20(9-8-19(2)24)16-22(18-27-13-6-7-15-29)11-10-21(17-23(25)26)12-14-28(3)4/h5-8,10-13,15,18,20H,1,9,14,16-17H2,2-4H3,(H3,25,26)/b7-6+,11-10+,19-8+,21-12-,22-18+,27-13+. The lowest BCUT2D eigenvalue weighted by atomic mass is 9.95. The molecule has 158 valence electrons. The Hall–Kier alpha value is -2.86. The van der Waals surface area contributed by atoms with Gasteiger partial charge in [0, 0.05) is 25.4 Å². The highest BCUT2D eigenvalue weighted by Crippen LogP contribution is 2.20. The van der Waals surface area contributed by atoms with Gasteiger partial charge in [0.05, 0.1) is 11.7 Å². The summed E-state index contributed by atoms with van der Waals surface area (Å²) in [5, 5.41) is 7.57. The van der Waals surface area contributed by atoms with E-state index in [4.69, 9.17) is 11.1 Å². The van der Waals surface area contributed by atoms with Crippen LogP contribution in [-0.4, -0.2) is 43.9 Å². The number of nitrogens with two attached hydrogens (primary N) is 1. The van der Waals surface area contributed by atoms with Gasteiger partial charge in [0.15, 0.2) is 0 Å². The number of carbonyl (C=O) groups excluding carboxylic acids is 1. The van der Waals surface area contributed by atoms with Gasteiger partial charge in [0.25, 0.3) is 0 Å². The molecule has 0 aliphatic rings. The minimum Gasteiger partial charge on any atom is -0.387 e. The largest absolute Gasteiger partial charge is 0.387 e. The summed E-state index contributed by atoms with van der Waals surface area (Å²) in [5.74, 6) is -0.0700. The molecule has 29 heavy (non-hydrogen) atoms. The van der Waals surface area contributed by atoms with Crippen LogP contribution in [0.15, 0.2) is 77.3 Å². The predicted molar refractivity (Wildman–Crippen MR) is 122 cm³/mol. The van der Waals surface area contributed by atoms with E-state index in [1.165, 1.54) is 19.2 Å². The summed E-state index contributed by atoms with van der Waals surface area (Å²) >= 11 is 0. The first kappa shape index (κ1) is 26.1. The number of likely N-dealkylation sites (N-methyl/N-ethyl adjacent to an activating group) is 1. The highest BCUT2D eigenvalue weighted by atomic mass is 19.1. The Morgan fingerprint density at radius 3 is 2.48 bits per heavy atom. The van der Waals surface area contributed by atoms with Crippen molar-refractivity contribution in [1.29, 1.82) is 5.41 Å². The molecule has 0 saturated heterocycles. The number of amidine groups is 1. The molecule has 0 aromatic rings. The van der Waals surface area contributed by atoms with E-state index in [2.05, 4.69) is 11.6 Å². The molecule has 1 atom stereocenters. The monoisotopic (exact) mass is 400 g/mol. The number of rotatable bonds is 14. The fraction of sp³-hybridized carbons (Fsp3) is 0.348. The van der Waals surface area contributed by atoms with Gasteiger partial charge in [-0.1, -0.05) is 30.4 Å². The number of hydrogen-bond donors (Lipinski definition) is 2. The number of hydrogen-bond acceptors (Lipinski definition) is 4. The molecule has 0 spiro atoms. The van der Waals surface area contributed by atoms with Crippen molar-refractivity contribution >= 4 is 18.3 Å². The second kappa shape index (κ2) is 16.1. The zero-order chi connectivity index (χ0) is 22.1. The average Bonchev–Trinajstić information content (AvgIpc) is 2.65. The van der Waals surface area contributed by atoms with Crippen LogP contribution in [0.2, 0.25) is 0 Å². The second-order valence-electron chi connectivity index (χ2n) is 6.83. The van der Waals surface area contributed by atoms with Gasteiger partial charge < -0.3 is 10.6 Å². The minimum atomic E-state index is -0.217. The van der Waals surface area contributed by atoms with Gasteiger partial charge in [-0.25, -0.2) is 4.39 Å². The molecule has 1 unspecified atom stereocenters. The van der Waals surface area contributed by atoms with E-state index in [9.17, 15) is 9.18 Å². The molecule has 0 aliphatic heterocycles. The third-order valence-electron chi connectivity index (χ3n) is 3.76. The van der Waals surface area contributed by atoms with Crippen molar-refractivity contribution in [3.8, 4) is 0 Å².